The number of pyridine rings is 2. The van der Waals surface area contributed by atoms with E-state index in [9.17, 15) is 0 Å². The summed E-state index contributed by atoms with van der Waals surface area (Å²) in [5.74, 6) is 0.794. The number of anilines is 2. The second kappa shape index (κ2) is 10.8. The van der Waals surface area contributed by atoms with Crippen molar-refractivity contribution in [2.75, 3.05) is 37.8 Å². The van der Waals surface area contributed by atoms with Gasteiger partial charge >= 0.3 is 0 Å². The van der Waals surface area contributed by atoms with Gasteiger partial charge in [-0.15, -0.1) is 0 Å². The van der Waals surface area contributed by atoms with Crippen LogP contribution in [-0.2, 0) is 6.54 Å². The average Bonchev–Trinajstić information content (AvgIpc) is 3.34. The fourth-order valence-electron chi connectivity index (χ4n) is 4.54. The monoisotopic (exact) mass is 494 g/mol. The molecular formula is C29H34N8. The van der Waals surface area contributed by atoms with Crippen molar-refractivity contribution in [2.24, 2.45) is 0 Å². The van der Waals surface area contributed by atoms with Crippen LogP contribution in [-0.4, -0.2) is 57.1 Å². The minimum atomic E-state index is 0.713. The van der Waals surface area contributed by atoms with Crippen LogP contribution in [0.25, 0.3) is 27.7 Å². The van der Waals surface area contributed by atoms with Gasteiger partial charge in [-0.1, -0.05) is 25.6 Å². The Morgan fingerprint density at radius 1 is 0.946 bits per heavy atom. The zero-order valence-electron chi connectivity index (χ0n) is 21.6. The van der Waals surface area contributed by atoms with Gasteiger partial charge in [0.2, 0.25) is 0 Å². The number of nitrogens with one attached hydrogen (secondary N) is 3. The van der Waals surface area contributed by atoms with Gasteiger partial charge in [-0.2, -0.15) is 5.10 Å². The molecule has 0 saturated carbocycles. The first-order chi connectivity index (χ1) is 18.0. The summed E-state index contributed by atoms with van der Waals surface area (Å²) >= 11 is 0. The molecule has 0 unspecified atom stereocenters. The van der Waals surface area contributed by atoms with E-state index in [0.717, 1.165) is 70.2 Å². The van der Waals surface area contributed by atoms with Crippen LogP contribution in [0.5, 0.6) is 0 Å². The largest absolute Gasteiger partial charge is 0.365 e. The van der Waals surface area contributed by atoms with Crippen LogP contribution in [0.15, 0.2) is 74.0 Å². The van der Waals surface area contributed by atoms with Crippen molar-refractivity contribution in [3.8, 4) is 11.1 Å². The summed E-state index contributed by atoms with van der Waals surface area (Å²) in [4.78, 5) is 13.5. The number of benzene rings is 1. The van der Waals surface area contributed by atoms with Gasteiger partial charge in [0.15, 0.2) is 0 Å². The summed E-state index contributed by atoms with van der Waals surface area (Å²) in [6, 6.07) is 12.4. The Morgan fingerprint density at radius 3 is 2.54 bits per heavy atom. The Balaban J connectivity index is 1.31. The Bertz CT molecular complexity index is 1400. The van der Waals surface area contributed by atoms with Crippen LogP contribution in [0.1, 0.15) is 30.7 Å². The Kier molecular flexibility index (Phi) is 7.18. The maximum absolute atomic E-state index is 4.67. The summed E-state index contributed by atoms with van der Waals surface area (Å²) in [6.45, 7) is 11.5. The van der Waals surface area contributed by atoms with Crippen LogP contribution in [0.2, 0.25) is 0 Å². The van der Waals surface area contributed by atoms with Crippen LogP contribution in [0.4, 0.5) is 11.4 Å². The van der Waals surface area contributed by atoms with Gasteiger partial charge in [0, 0.05) is 37.8 Å². The van der Waals surface area contributed by atoms with Gasteiger partial charge in [0.25, 0.3) is 0 Å². The zero-order chi connectivity index (χ0) is 25.8. The fraction of sp³-hybridized carbons (Fsp3) is 0.276. The standard InChI is InChI=1S/C29H34N8/c1-20(32-24-9-10-25(31-18-24)19-37-12-6-5-7-13-37)29-27-15-22(8-11-28(27)34-35-29)23-14-26(17-30-16-23)33-21(2)36(3)4/h8-11,14-18,32-33H,1-2,5-7,12-13,19H2,3-4H3,(H,34,35). The molecule has 0 bridgehead atoms. The molecule has 1 fully saturated rings. The van der Waals surface area contributed by atoms with Crippen molar-refractivity contribution in [3.63, 3.8) is 0 Å². The Hall–Kier alpha value is -4.17. The molecule has 0 radical (unpaired) electrons. The number of hydrogen-bond donors (Lipinski definition) is 3. The van der Waals surface area contributed by atoms with E-state index in [-0.39, 0.29) is 0 Å². The zero-order valence-corrected chi connectivity index (χ0v) is 21.6. The van der Waals surface area contributed by atoms with E-state index in [4.69, 9.17) is 0 Å². The first-order valence-corrected chi connectivity index (χ1v) is 12.7. The number of H-pyrrole nitrogens is 1. The average molecular weight is 495 g/mol. The normalized spacial score (nSPS) is 13.9. The van der Waals surface area contributed by atoms with Crippen LogP contribution < -0.4 is 10.6 Å². The van der Waals surface area contributed by atoms with E-state index in [1.165, 1.54) is 19.3 Å². The van der Waals surface area contributed by atoms with Crippen molar-refractivity contribution in [2.45, 2.75) is 25.8 Å². The van der Waals surface area contributed by atoms with Gasteiger partial charge in [-0.25, -0.2) is 0 Å². The third-order valence-electron chi connectivity index (χ3n) is 6.70. The van der Waals surface area contributed by atoms with E-state index in [0.29, 0.717) is 5.70 Å². The number of aromatic nitrogens is 4. The predicted octanol–water partition coefficient (Wildman–Crippen LogP) is 5.53. The quantitative estimate of drug-likeness (QED) is 0.282. The lowest BCUT2D eigenvalue weighted by Crippen LogP contribution is -2.29. The molecule has 1 saturated heterocycles. The fourth-order valence-corrected chi connectivity index (χ4v) is 4.54. The molecule has 1 aliphatic rings. The van der Waals surface area contributed by atoms with E-state index < -0.39 is 0 Å². The molecule has 1 aliphatic heterocycles. The summed E-state index contributed by atoms with van der Waals surface area (Å²) < 4.78 is 0. The Morgan fingerprint density at radius 2 is 1.78 bits per heavy atom. The number of aromatic amines is 1. The van der Waals surface area contributed by atoms with Crippen molar-refractivity contribution < 1.29 is 0 Å². The molecule has 4 aromatic rings. The van der Waals surface area contributed by atoms with Crippen molar-refractivity contribution in [3.05, 3.63) is 85.4 Å². The highest BCUT2D eigenvalue weighted by Crippen LogP contribution is 2.29. The number of piperidine rings is 1. The molecule has 0 amide bonds. The maximum atomic E-state index is 4.67. The van der Waals surface area contributed by atoms with Crippen LogP contribution >= 0.6 is 0 Å². The molecule has 4 heterocycles. The van der Waals surface area contributed by atoms with Gasteiger partial charge in [-0.3, -0.25) is 20.0 Å². The molecule has 0 atom stereocenters. The summed E-state index contributed by atoms with van der Waals surface area (Å²) in [5.41, 5.74) is 7.33. The minimum Gasteiger partial charge on any atom is -0.365 e. The Labute approximate surface area is 218 Å². The molecule has 0 aliphatic carbocycles. The van der Waals surface area contributed by atoms with Crippen molar-refractivity contribution >= 4 is 28.0 Å². The van der Waals surface area contributed by atoms with E-state index in [1.54, 1.807) is 6.20 Å². The van der Waals surface area contributed by atoms with E-state index in [2.05, 4.69) is 79.2 Å². The lowest BCUT2D eigenvalue weighted by Gasteiger charge is -2.25. The van der Waals surface area contributed by atoms with Crippen LogP contribution in [0, 0.1) is 0 Å². The van der Waals surface area contributed by atoms with E-state index in [1.807, 2.05) is 37.5 Å². The predicted molar refractivity (Wildman–Crippen MR) is 152 cm³/mol. The molecule has 37 heavy (non-hydrogen) atoms. The molecule has 5 rings (SSSR count). The molecule has 3 aromatic heterocycles. The van der Waals surface area contributed by atoms with Gasteiger partial charge in [0.05, 0.1) is 46.5 Å². The minimum absolute atomic E-state index is 0.713. The maximum Gasteiger partial charge on any atom is 0.116 e. The van der Waals surface area contributed by atoms with E-state index >= 15 is 0 Å². The SMILES string of the molecule is C=C(Nc1ccc(CN2CCCCC2)nc1)c1n[nH]c2ccc(-c3cncc(NC(=C)N(C)C)c3)cc12. The first-order valence-electron chi connectivity index (χ1n) is 12.7. The summed E-state index contributed by atoms with van der Waals surface area (Å²) in [7, 11) is 3.89. The number of hydrogen-bond acceptors (Lipinski definition) is 7. The second-order valence-corrected chi connectivity index (χ2v) is 9.74. The number of nitrogens with zero attached hydrogens (tertiary/aromatic N) is 5. The van der Waals surface area contributed by atoms with Gasteiger partial charge in [0.1, 0.15) is 5.69 Å². The molecule has 8 nitrogen and oxygen atoms in total. The highest BCUT2D eigenvalue weighted by atomic mass is 15.2. The van der Waals surface area contributed by atoms with Crippen LogP contribution in [0.3, 0.4) is 0 Å². The summed E-state index contributed by atoms with van der Waals surface area (Å²) in [5, 5.41) is 15.3. The molecule has 3 N–H and O–H groups in total. The molecule has 8 heteroatoms. The first kappa shape index (κ1) is 24.5. The molecular weight excluding hydrogens is 460 g/mol. The van der Waals surface area contributed by atoms with Crippen molar-refractivity contribution in [1.82, 2.24) is 30.0 Å². The third-order valence-corrected chi connectivity index (χ3v) is 6.70. The third kappa shape index (κ3) is 5.81. The number of likely N-dealkylation sites (tertiary alicyclic amines) is 1. The lowest BCUT2D eigenvalue weighted by molar-refractivity contribution is 0.218. The second-order valence-electron chi connectivity index (χ2n) is 9.74. The van der Waals surface area contributed by atoms with Gasteiger partial charge in [-0.05, 0) is 61.8 Å². The van der Waals surface area contributed by atoms with Gasteiger partial charge < -0.3 is 15.5 Å². The summed E-state index contributed by atoms with van der Waals surface area (Å²) in [6.07, 6.45) is 9.42. The molecule has 0 spiro atoms. The van der Waals surface area contributed by atoms with Crippen molar-refractivity contribution in [1.29, 1.82) is 0 Å². The lowest BCUT2D eigenvalue weighted by atomic mass is 10.0. The smallest absolute Gasteiger partial charge is 0.116 e. The highest BCUT2D eigenvalue weighted by Gasteiger charge is 2.13. The molecule has 1 aromatic carbocycles. The number of fused-ring (bicyclic) bond motifs is 1. The highest BCUT2D eigenvalue weighted by molar-refractivity contribution is 5.95. The molecule has 190 valence electrons. The number of rotatable bonds is 9. The topological polar surface area (TPSA) is 85.0 Å².